The highest BCUT2D eigenvalue weighted by molar-refractivity contribution is 5.67. The molecule has 0 spiro atoms. The monoisotopic (exact) mass is 433 g/mol. The van der Waals surface area contributed by atoms with Crippen LogP contribution in [0.15, 0.2) is 60.9 Å². The molecule has 1 aromatic heterocycles. The van der Waals surface area contributed by atoms with Crippen LogP contribution in [0.3, 0.4) is 0 Å². The lowest BCUT2D eigenvalue weighted by Crippen LogP contribution is -2.31. The summed E-state index contributed by atoms with van der Waals surface area (Å²) in [6.07, 6.45) is 2.07. The van der Waals surface area contributed by atoms with Gasteiger partial charge in [0, 0.05) is 23.6 Å². The SMILES string of the molecule is C[C@H](O)c1nccn1[C@@H](C#Cc1ccc(-c2ccc(N[C@H]3COC[C@@H]3O)cc2)cc1)CO. The molecule has 2 heterocycles. The van der Waals surface area contributed by atoms with E-state index in [-0.39, 0.29) is 12.6 Å². The Kier molecular flexibility index (Phi) is 6.88. The number of imidazole rings is 1. The fourth-order valence-corrected chi connectivity index (χ4v) is 3.68. The van der Waals surface area contributed by atoms with Crippen LogP contribution in [0, 0.1) is 11.8 Å². The van der Waals surface area contributed by atoms with Gasteiger partial charge in [-0.2, -0.15) is 0 Å². The third-order valence-electron chi connectivity index (χ3n) is 5.47. The van der Waals surface area contributed by atoms with Gasteiger partial charge in [-0.25, -0.2) is 4.98 Å². The maximum absolute atomic E-state index is 9.87. The molecule has 7 nitrogen and oxygen atoms in total. The minimum absolute atomic E-state index is 0.0829. The summed E-state index contributed by atoms with van der Waals surface area (Å²) in [5, 5.41) is 32.7. The minimum Gasteiger partial charge on any atom is -0.393 e. The third-order valence-corrected chi connectivity index (χ3v) is 5.47. The summed E-state index contributed by atoms with van der Waals surface area (Å²) in [5.74, 6) is 6.63. The first-order valence-corrected chi connectivity index (χ1v) is 10.6. The zero-order chi connectivity index (χ0) is 22.5. The average molecular weight is 434 g/mol. The largest absolute Gasteiger partial charge is 0.393 e. The Hall–Kier alpha value is -3.15. The van der Waals surface area contributed by atoms with E-state index >= 15 is 0 Å². The van der Waals surface area contributed by atoms with Gasteiger partial charge in [-0.1, -0.05) is 36.1 Å². The van der Waals surface area contributed by atoms with Crippen molar-refractivity contribution in [2.75, 3.05) is 25.1 Å². The van der Waals surface area contributed by atoms with Gasteiger partial charge in [-0.3, -0.25) is 0 Å². The van der Waals surface area contributed by atoms with Gasteiger partial charge in [-0.05, 0) is 42.3 Å². The fraction of sp³-hybridized carbons (Fsp3) is 0.320. The predicted octanol–water partition coefficient (Wildman–Crippen LogP) is 2.36. The first kappa shape index (κ1) is 22.1. The molecule has 0 radical (unpaired) electrons. The molecule has 32 heavy (non-hydrogen) atoms. The highest BCUT2D eigenvalue weighted by Gasteiger charge is 2.25. The number of aromatic nitrogens is 2. The van der Waals surface area contributed by atoms with E-state index in [0.717, 1.165) is 22.4 Å². The highest BCUT2D eigenvalue weighted by atomic mass is 16.5. The first-order valence-electron chi connectivity index (χ1n) is 10.6. The molecule has 1 aliphatic heterocycles. The van der Waals surface area contributed by atoms with Crippen molar-refractivity contribution in [1.29, 1.82) is 0 Å². The zero-order valence-corrected chi connectivity index (χ0v) is 17.8. The van der Waals surface area contributed by atoms with Crippen molar-refractivity contribution in [3.05, 3.63) is 72.3 Å². The molecule has 1 aliphatic rings. The summed E-state index contributed by atoms with van der Waals surface area (Å²) in [6.45, 7) is 2.33. The van der Waals surface area contributed by atoms with Crippen LogP contribution in [-0.2, 0) is 4.74 Å². The molecule has 4 rings (SSSR count). The number of aliphatic hydroxyl groups excluding tert-OH is 3. The van der Waals surface area contributed by atoms with Crippen LogP contribution in [0.4, 0.5) is 5.69 Å². The quantitative estimate of drug-likeness (QED) is 0.446. The molecule has 1 fully saturated rings. The molecule has 3 aromatic rings. The number of ether oxygens (including phenoxy) is 1. The lowest BCUT2D eigenvalue weighted by molar-refractivity contribution is 0.125. The molecule has 2 aromatic carbocycles. The lowest BCUT2D eigenvalue weighted by Gasteiger charge is -2.16. The second kappa shape index (κ2) is 9.98. The van der Waals surface area contributed by atoms with E-state index in [1.807, 2.05) is 48.5 Å². The summed E-state index contributed by atoms with van der Waals surface area (Å²) in [5.41, 5.74) is 3.92. The number of aliphatic hydroxyl groups is 3. The Labute approximate surface area is 187 Å². The summed E-state index contributed by atoms with van der Waals surface area (Å²) < 4.78 is 6.96. The van der Waals surface area contributed by atoms with Crippen LogP contribution < -0.4 is 5.32 Å². The van der Waals surface area contributed by atoms with Gasteiger partial charge in [-0.15, -0.1) is 0 Å². The smallest absolute Gasteiger partial charge is 0.138 e. The van der Waals surface area contributed by atoms with Crippen LogP contribution >= 0.6 is 0 Å². The number of anilines is 1. The minimum atomic E-state index is -0.738. The van der Waals surface area contributed by atoms with Gasteiger partial charge in [0.05, 0.1) is 32.0 Å². The molecule has 4 N–H and O–H groups in total. The van der Waals surface area contributed by atoms with E-state index in [4.69, 9.17) is 4.74 Å². The number of rotatable bonds is 6. The van der Waals surface area contributed by atoms with Gasteiger partial charge in [0.25, 0.3) is 0 Å². The first-order chi connectivity index (χ1) is 15.5. The topological polar surface area (TPSA) is 99.8 Å². The van der Waals surface area contributed by atoms with Crippen LogP contribution in [0.2, 0.25) is 0 Å². The summed E-state index contributed by atoms with van der Waals surface area (Å²) >= 11 is 0. The summed E-state index contributed by atoms with van der Waals surface area (Å²) in [6, 6.07) is 15.4. The molecule has 4 atom stereocenters. The van der Waals surface area contributed by atoms with Crippen molar-refractivity contribution in [1.82, 2.24) is 9.55 Å². The Morgan fingerprint density at radius 2 is 1.81 bits per heavy atom. The van der Waals surface area contributed by atoms with Crippen molar-refractivity contribution in [3.8, 4) is 23.0 Å². The Morgan fingerprint density at radius 3 is 2.41 bits per heavy atom. The highest BCUT2D eigenvalue weighted by Crippen LogP contribution is 2.23. The Balaban J connectivity index is 1.44. The molecule has 0 amide bonds. The lowest BCUT2D eigenvalue weighted by atomic mass is 10.0. The molecular weight excluding hydrogens is 406 g/mol. The van der Waals surface area contributed by atoms with Crippen LogP contribution in [0.1, 0.15) is 30.5 Å². The van der Waals surface area contributed by atoms with Gasteiger partial charge in [0.2, 0.25) is 0 Å². The fourth-order valence-electron chi connectivity index (χ4n) is 3.68. The van der Waals surface area contributed by atoms with Crippen LogP contribution in [0.5, 0.6) is 0 Å². The number of hydrogen-bond acceptors (Lipinski definition) is 6. The van der Waals surface area contributed by atoms with Crippen LogP contribution in [0.25, 0.3) is 11.1 Å². The number of benzene rings is 2. The normalized spacial score (nSPS) is 19.8. The molecule has 0 aliphatic carbocycles. The Morgan fingerprint density at radius 1 is 1.12 bits per heavy atom. The van der Waals surface area contributed by atoms with Crippen molar-refractivity contribution in [2.24, 2.45) is 0 Å². The molecule has 7 heteroatoms. The van der Waals surface area contributed by atoms with Crippen molar-refractivity contribution in [3.63, 3.8) is 0 Å². The second-order valence-electron chi connectivity index (χ2n) is 7.85. The van der Waals surface area contributed by atoms with E-state index in [2.05, 4.69) is 22.1 Å². The average Bonchev–Trinajstić information content (AvgIpc) is 3.45. The van der Waals surface area contributed by atoms with E-state index in [1.165, 1.54) is 0 Å². The number of hydrogen-bond donors (Lipinski definition) is 4. The van der Waals surface area contributed by atoms with Gasteiger partial charge in [0.1, 0.15) is 18.0 Å². The number of nitrogens with one attached hydrogen (secondary N) is 1. The van der Waals surface area contributed by atoms with E-state index in [1.54, 1.807) is 23.9 Å². The maximum Gasteiger partial charge on any atom is 0.138 e. The standard InChI is InChI=1S/C25H27N3O4/c1-17(30)25-26-12-13-28(25)22(14-29)11-4-18-2-5-19(6-3-18)20-7-9-21(10-8-20)27-23-15-32-16-24(23)31/h2-3,5-10,12-13,17,22-24,27,29-31H,14-16H2,1H3/t17-,22-,23-,24-/m0/s1. The number of nitrogens with zero attached hydrogens (tertiary/aromatic N) is 2. The van der Waals surface area contributed by atoms with Crippen molar-refractivity contribution >= 4 is 5.69 Å². The molecule has 0 bridgehead atoms. The molecule has 166 valence electrons. The van der Waals surface area contributed by atoms with Crippen molar-refractivity contribution < 1.29 is 20.1 Å². The van der Waals surface area contributed by atoms with Gasteiger partial charge in [0.15, 0.2) is 0 Å². The molecule has 0 unspecified atom stereocenters. The van der Waals surface area contributed by atoms with Gasteiger partial charge >= 0.3 is 0 Å². The van der Waals surface area contributed by atoms with Crippen molar-refractivity contribution in [2.45, 2.75) is 31.2 Å². The maximum atomic E-state index is 9.87. The Bertz CT molecular complexity index is 1080. The predicted molar refractivity (Wildman–Crippen MR) is 122 cm³/mol. The summed E-state index contributed by atoms with van der Waals surface area (Å²) in [7, 11) is 0. The van der Waals surface area contributed by atoms with E-state index < -0.39 is 18.2 Å². The van der Waals surface area contributed by atoms with E-state index in [9.17, 15) is 15.3 Å². The van der Waals surface area contributed by atoms with Gasteiger partial charge < -0.3 is 29.9 Å². The second-order valence-corrected chi connectivity index (χ2v) is 7.85. The van der Waals surface area contributed by atoms with E-state index in [0.29, 0.717) is 19.0 Å². The van der Waals surface area contributed by atoms with Crippen LogP contribution in [-0.4, -0.2) is 56.8 Å². The third kappa shape index (κ3) is 5.01. The summed E-state index contributed by atoms with van der Waals surface area (Å²) in [4.78, 5) is 4.13. The molecule has 0 saturated carbocycles. The molecule has 1 saturated heterocycles. The molecular formula is C25H27N3O4. The zero-order valence-electron chi connectivity index (χ0n) is 17.8.